The van der Waals surface area contributed by atoms with Gasteiger partial charge in [0.05, 0.1) is 15.8 Å². The lowest BCUT2D eigenvalue weighted by atomic mass is 10.1. The van der Waals surface area contributed by atoms with Crippen LogP contribution in [0.5, 0.6) is 0 Å². The fourth-order valence-electron chi connectivity index (χ4n) is 4.04. The lowest BCUT2D eigenvalue weighted by Crippen LogP contribution is -2.23. The van der Waals surface area contributed by atoms with Gasteiger partial charge in [0, 0.05) is 37.3 Å². The van der Waals surface area contributed by atoms with E-state index >= 15 is 0 Å². The highest BCUT2D eigenvalue weighted by Crippen LogP contribution is 2.28. The standard InChI is InChI=1S/C22H18N6O2S2.C6H14O/c1-24-22-26-15-5-4-12(9-16(15)32-22)10-25-21(30)14-3-2-7-28-18(19(23)29)17(27-20(14)28)13-6-8-31-11-13;1-6(2)4-3-5-7/h2-9,11H,10H2,1H3,(H2,23,29)(H,24,26)(H,25,30);6-7H,3-5H2,1-2H3. The molecule has 4 aromatic heterocycles. The number of hydrogen-bond acceptors (Lipinski definition) is 8. The Balaban J connectivity index is 0.000000448. The average Bonchev–Trinajstić information content (AvgIpc) is 3.67. The molecule has 9 nitrogen and oxygen atoms in total. The molecule has 0 saturated carbocycles. The number of primary amides is 1. The van der Waals surface area contributed by atoms with Crippen LogP contribution >= 0.6 is 22.7 Å². The summed E-state index contributed by atoms with van der Waals surface area (Å²) < 4.78 is 2.62. The van der Waals surface area contributed by atoms with Crippen molar-refractivity contribution in [2.45, 2.75) is 33.2 Å². The van der Waals surface area contributed by atoms with Crippen molar-refractivity contribution in [2.75, 3.05) is 19.0 Å². The number of aliphatic hydroxyl groups is 1. The second-order valence-electron chi connectivity index (χ2n) is 9.31. The van der Waals surface area contributed by atoms with Gasteiger partial charge in [-0.25, -0.2) is 9.97 Å². The highest BCUT2D eigenvalue weighted by Gasteiger charge is 2.22. The molecule has 5 aromatic rings. The van der Waals surface area contributed by atoms with Gasteiger partial charge in [0.25, 0.3) is 11.8 Å². The molecule has 0 spiro atoms. The highest BCUT2D eigenvalue weighted by atomic mass is 32.1. The molecule has 4 heterocycles. The maximum absolute atomic E-state index is 13.0. The van der Waals surface area contributed by atoms with Crippen LogP contribution in [-0.4, -0.2) is 44.9 Å². The molecule has 0 radical (unpaired) electrons. The largest absolute Gasteiger partial charge is 0.396 e. The lowest BCUT2D eigenvalue weighted by Gasteiger charge is -2.07. The first kappa shape index (κ1) is 28.2. The maximum Gasteiger partial charge on any atom is 0.268 e. The minimum absolute atomic E-state index is 0.254. The first-order valence-electron chi connectivity index (χ1n) is 12.6. The van der Waals surface area contributed by atoms with Crippen LogP contribution in [-0.2, 0) is 6.54 Å². The number of benzene rings is 1. The van der Waals surface area contributed by atoms with Crippen LogP contribution in [0.4, 0.5) is 5.13 Å². The summed E-state index contributed by atoms with van der Waals surface area (Å²) in [4.78, 5) is 34.3. The summed E-state index contributed by atoms with van der Waals surface area (Å²) in [6.45, 7) is 5.02. The van der Waals surface area contributed by atoms with E-state index in [4.69, 9.17) is 10.8 Å². The predicted molar refractivity (Wildman–Crippen MR) is 159 cm³/mol. The molecule has 0 saturated heterocycles. The maximum atomic E-state index is 13.0. The van der Waals surface area contributed by atoms with E-state index in [1.165, 1.54) is 11.3 Å². The molecule has 5 rings (SSSR count). The summed E-state index contributed by atoms with van der Waals surface area (Å²) in [6, 6.07) is 11.2. The minimum Gasteiger partial charge on any atom is -0.396 e. The number of fused-ring (bicyclic) bond motifs is 2. The molecule has 39 heavy (non-hydrogen) atoms. The smallest absolute Gasteiger partial charge is 0.268 e. The molecule has 0 aliphatic rings. The molecule has 0 aliphatic heterocycles. The zero-order valence-electron chi connectivity index (χ0n) is 22.1. The van der Waals surface area contributed by atoms with Gasteiger partial charge in [0.15, 0.2) is 10.8 Å². The Kier molecular flexibility index (Phi) is 9.28. The van der Waals surface area contributed by atoms with Gasteiger partial charge in [-0.05, 0) is 60.0 Å². The van der Waals surface area contributed by atoms with Gasteiger partial charge >= 0.3 is 0 Å². The topological polar surface area (TPSA) is 135 Å². The van der Waals surface area contributed by atoms with Crippen molar-refractivity contribution in [1.82, 2.24) is 19.7 Å². The first-order chi connectivity index (χ1) is 18.8. The second-order valence-corrected chi connectivity index (χ2v) is 11.1. The van der Waals surface area contributed by atoms with E-state index in [0.717, 1.165) is 45.2 Å². The molecule has 0 atom stereocenters. The van der Waals surface area contributed by atoms with Crippen LogP contribution in [0.3, 0.4) is 0 Å². The van der Waals surface area contributed by atoms with E-state index in [1.54, 1.807) is 34.1 Å². The SMILES string of the molecule is CC(C)CCCO.CNc1nc2ccc(CNC(=O)c3cccn4c(C(N)=O)c(-c5ccsc5)nc34)cc2s1. The lowest BCUT2D eigenvalue weighted by molar-refractivity contribution is 0.0949. The van der Waals surface area contributed by atoms with Crippen LogP contribution in [0, 0.1) is 5.92 Å². The third-order valence-electron chi connectivity index (χ3n) is 5.98. The summed E-state index contributed by atoms with van der Waals surface area (Å²) >= 11 is 3.05. The zero-order valence-corrected chi connectivity index (χ0v) is 23.7. The van der Waals surface area contributed by atoms with Gasteiger partial charge in [-0.2, -0.15) is 11.3 Å². The monoisotopic (exact) mass is 564 g/mol. The Labute approximate surface area is 234 Å². The Morgan fingerprint density at radius 1 is 1.18 bits per heavy atom. The van der Waals surface area contributed by atoms with E-state index in [-0.39, 0.29) is 11.6 Å². The third kappa shape index (κ3) is 6.62. The number of pyridine rings is 1. The number of anilines is 1. The van der Waals surface area contributed by atoms with Crippen LogP contribution < -0.4 is 16.4 Å². The van der Waals surface area contributed by atoms with Crippen molar-refractivity contribution >= 4 is 55.5 Å². The molecule has 0 bridgehead atoms. The fraction of sp³-hybridized carbons (Fsp3) is 0.286. The highest BCUT2D eigenvalue weighted by molar-refractivity contribution is 7.22. The predicted octanol–water partition coefficient (Wildman–Crippen LogP) is 5.16. The molecule has 204 valence electrons. The number of carbonyl (C=O) groups excluding carboxylic acids is 2. The van der Waals surface area contributed by atoms with Gasteiger partial charge in [-0.3, -0.25) is 14.0 Å². The van der Waals surface area contributed by atoms with Crippen molar-refractivity contribution in [1.29, 1.82) is 0 Å². The second kappa shape index (κ2) is 12.8. The van der Waals surface area contributed by atoms with Crippen molar-refractivity contribution in [2.24, 2.45) is 11.7 Å². The molecule has 1 aromatic carbocycles. The van der Waals surface area contributed by atoms with Crippen molar-refractivity contribution in [3.05, 3.63) is 70.2 Å². The van der Waals surface area contributed by atoms with Crippen molar-refractivity contribution < 1.29 is 14.7 Å². The number of aliphatic hydroxyl groups excluding tert-OH is 1. The quantitative estimate of drug-likeness (QED) is 0.195. The Morgan fingerprint density at radius 3 is 2.64 bits per heavy atom. The Bertz CT molecular complexity index is 1570. The number of carbonyl (C=O) groups is 2. The van der Waals surface area contributed by atoms with E-state index in [2.05, 4.69) is 34.4 Å². The summed E-state index contributed by atoms with van der Waals surface area (Å²) in [5.41, 5.74) is 9.78. The minimum atomic E-state index is -0.602. The molecule has 0 unspecified atom stereocenters. The molecule has 11 heteroatoms. The van der Waals surface area contributed by atoms with Gasteiger partial charge in [-0.15, -0.1) is 0 Å². The number of nitrogens with two attached hydrogens (primary N) is 1. The Hall–Kier alpha value is -3.80. The molecule has 2 amide bonds. The number of thiazole rings is 1. The number of hydrogen-bond donors (Lipinski definition) is 4. The van der Waals surface area contributed by atoms with E-state index in [1.807, 2.05) is 42.1 Å². The molecule has 0 aliphatic carbocycles. The number of thiophene rings is 1. The van der Waals surface area contributed by atoms with Crippen molar-refractivity contribution in [3.8, 4) is 11.3 Å². The van der Waals surface area contributed by atoms with E-state index < -0.39 is 5.91 Å². The van der Waals surface area contributed by atoms with E-state index in [9.17, 15) is 9.59 Å². The third-order valence-corrected chi connectivity index (χ3v) is 7.70. The number of aromatic nitrogens is 3. The Morgan fingerprint density at radius 2 is 2.00 bits per heavy atom. The van der Waals surface area contributed by atoms with Gasteiger partial charge in [0.1, 0.15) is 11.4 Å². The number of amides is 2. The van der Waals surface area contributed by atoms with Crippen LogP contribution in [0.15, 0.2) is 53.4 Å². The normalized spacial score (nSPS) is 11.0. The molecular formula is C28H32N6O3S2. The number of rotatable bonds is 9. The summed E-state index contributed by atoms with van der Waals surface area (Å²) in [5.74, 6) is -0.143. The summed E-state index contributed by atoms with van der Waals surface area (Å²) in [7, 11) is 1.84. The van der Waals surface area contributed by atoms with Gasteiger partial charge in [0.2, 0.25) is 0 Å². The molecule has 0 fully saturated rings. The van der Waals surface area contributed by atoms with Crippen LogP contribution in [0.1, 0.15) is 53.1 Å². The fourth-order valence-corrected chi connectivity index (χ4v) is 5.57. The average molecular weight is 565 g/mol. The van der Waals surface area contributed by atoms with Crippen LogP contribution in [0.25, 0.3) is 27.1 Å². The van der Waals surface area contributed by atoms with E-state index in [0.29, 0.717) is 30.1 Å². The molecule has 5 N–H and O–H groups in total. The number of imidazole rings is 1. The number of nitrogens with zero attached hydrogens (tertiary/aromatic N) is 3. The van der Waals surface area contributed by atoms with Gasteiger partial charge < -0.3 is 21.5 Å². The summed E-state index contributed by atoms with van der Waals surface area (Å²) in [6.07, 6.45) is 3.79. The summed E-state index contributed by atoms with van der Waals surface area (Å²) in [5, 5.41) is 18.9. The van der Waals surface area contributed by atoms with Crippen LogP contribution in [0.2, 0.25) is 0 Å². The zero-order chi connectivity index (χ0) is 27.9. The molecular weight excluding hydrogens is 532 g/mol. The van der Waals surface area contributed by atoms with Crippen molar-refractivity contribution in [3.63, 3.8) is 0 Å². The first-order valence-corrected chi connectivity index (χ1v) is 14.4. The van der Waals surface area contributed by atoms with Gasteiger partial charge in [-0.1, -0.05) is 31.3 Å². The number of nitrogens with one attached hydrogen (secondary N) is 2.